The molecule has 0 aliphatic heterocycles. The molecule has 3 rings (SSSR count). The largest absolute Gasteiger partial charge is 0.342 e. The maximum Gasteiger partial charge on any atom is 0.232 e. The molecule has 0 amide bonds. The Balaban J connectivity index is 1.86. The molecule has 0 unspecified atom stereocenters. The van der Waals surface area contributed by atoms with Crippen LogP contribution in [0.2, 0.25) is 0 Å². The minimum absolute atomic E-state index is 0.126. The summed E-state index contributed by atoms with van der Waals surface area (Å²) in [4.78, 5) is 12.2. The zero-order valence-corrected chi connectivity index (χ0v) is 11.3. The number of nitrogens with zero attached hydrogens (tertiary/aromatic N) is 3. The van der Waals surface area contributed by atoms with E-state index in [-0.39, 0.29) is 5.41 Å². The summed E-state index contributed by atoms with van der Waals surface area (Å²) in [5.74, 6) is 2.16. The van der Waals surface area contributed by atoms with Gasteiger partial charge in [-0.2, -0.15) is 4.98 Å². The fraction of sp³-hybridized carbons (Fsp3) is 0.357. The fourth-order valence-electron chi connectivity index (χ4n) is 1.87. The van der Waals surface area contributed by atoms with Crippen molar-refractivity contribution < 1.29 is 4.52 Å². The number of nitrogens with one attached hydrogen (secondary N) is 1. The second kappa shape index (κ2) is 4.19. The van der Waals surface area contributed by atoms with Crippen molar-refractivity contribution in [3.05, 3.63) is 41.8 Å². The highest BCUT2D eigenvalue weighted by molar-refractivity contribution is 5.74. The maximum absolute atomic E-state index is 5.27. The van der Waals surface area contributed by atoms with E-state index >= 15 is 0 Å². The van der Waals surface area contributed by atoms with Crippen LogP contribution >= 0.6 is 0 Å². The van der Waals surface area contributed by atoms with Gasteiger partial charge in [0.2, 0.25) is 5.89 Å². The molecule has 0 aliphatic rings. The quantitative estimate of drug-likeness (QED) is 0.765. The number of H-pyrrole nitrogens is 1. The molecule has 0 fully saturated rings. The van der Waals surface area contributed by atoms with Gasteiger partial charge in [0.25, 0.3) is 0 Å². The topological polar surface area (TPSA) is 67.6 Å². The Kier molecular flexibility index (Phi) is 2.62. The van der Waals surface area contributed by atoms with Crippen LogP contribution in [0, 0.1) is 0 Å². The number of hydrogen-bond acceptors (Lipinski definition) is 4. The van der Waals surface area contributed by atoms with Crippen molar-refractivity contribution in [2.24, 2.45) is 0 Å². The summed E-state index contributed by atoms with van der Waals surface area (Å²) in [5.41, 5.74) is 1.85. The van der Waals surface area contributed by atoms with Crippen molar-refractivity contribution in [2.75, 3.05) is 0 Å². The van der Waals surface area contributed by atoms with Gasteiger partial charge in [-0.15, -0.1) is 0 Å². The van der Waals surface area contributed by atoms with E-state index < -0.39 is 0 Å². The van der Waals surface area contributed by atoms with Gasteiger partial charge >= 0.3 is 0 Å². The van der Waals surface area contributed by atoms with Crippen LogP contribution in [0.15, 0.2) is 28.8 Å². The highest BCUT2D eigenvalue weighted by Crippen LogP contribution is 2.20. The third kappa shape index (κ3) is 2.36. The fourth-order valence-corrected chi connectivity index (χ4v) is 1.87. The van der Waals surface area contributed by atoms with E-state index in [0.29, 0.717) is 18.1 Å². The highest BCUT2D eigenvalue weighted by Gasteiger charge is 2.22. The van der Waals surface area contributed by atoms with Crippen LogP contribution < -0.4 is 0 Å². The zero-order valence-electron chi connectivity index (χ0n) is 11.3. The minimum Gasteiger partial charge on any atom is -0.342 e. The number of benzene rings is 1. The van der Waals surface area contributed by atoms with E-state index in [0.717, 1.165) is 16.9 Å². The maximum atomic E-state index is 5.27. The molecule has 98 valence electrons. The molecule has 5 nitrogen and oxygen atoms in total. The standard InChI is InChI=1S/C14H16N4O/c1-14(2,3)13-17-12(18-19-13)8-11-15-9-6-4-5-7-10(9)16-11/h4-7H,8H2,1-3H3,(H,15,16). The van der Waals surface area contributed by atoms with E-state index in [4.69, 9.17) is 4.52 Å². The number of aromatic amines is 1. The Labute approximate surface area is 111 Å². The SMILES string of the molecule is CC(C)(C)c1nc(Cc2nc3ccccc3[nH]2)no1. The van der Waals surface area contributed by atoms with Gasteiger partial charge in [0.05, 0.1) is 17.5 Å². The van der Waals surface area contributed by atoms with Gasteiger partial charge < -0.3 is 9.51 Å². The van der Waals surface area contributed by atoms with Crippen molar-refractivity contribution in [1.29, 1.82) is 0 Å². The number of imidazole rings is 1. The molecular formula is C14H16N4O. The highest BCUT2D eigenvalue weighted by atomic mass is 16.5. The number of aromatic nitrogens is 4. The third-order valence-corrected chi connectivity index (χ3v) is 2.87. The van der Waals surface area contributed by atoms with Crippen molar-refractivity contribution in [2.45, 2.75) is 32.6 Å². The summed E-state index contributed by atoms with van der Waals surface area (Å²) in [6, 6.07) is 7.93. The van der Waals surface area contributed by atoms with Crippen LogP contribution in [0.1, 0.15) is 38.3 Å². The van der Waals surface area contributed by atoms with Crippen molar-refractivity contribution in [1.82, 2.24) is 20.1 Å². The van der Waals surface area contributed by atoms with Crippen LogP contribution in [0.5, 0.6) is 0 Å². The molecule has 0 radical (unpaired) electrons. The first-order valence-electron chi connectivity index (χ1n) is 6.29. The van der Waals surface area contributed by atoms with E-state index in [9.17, 15) is 0 Å². The molecule has 2 heterocycles. The molecule has 1 aromatic carbocycles. The Morgan fingerprint density at radius 2 is 1.95 bits per heavy atom. The Morgan fingerprint density at radius 3 is 2.63 bits per heavy atom. The Bertz CT molecular complexity index is 672. The monoisotopic (exact) mass is 256 g/mol. The minimum atomic E-state index is -0.126. The number of hydrogen-bond donors (Lipinski definition) is 1. The zero-order chi connectivity index (χ0) is 13.5. The molecule has 0 spiro atoms. The first-order valence-corrected chi connectivity index (χ1v) is 6.29. The molecule has 3 aromatic rings. The lowest BCUT2D eigenvalue weighted by atomic mass is 9.97. The van der Waals surface area contributed by atoms with E-state index in [2.05, 4.69) is 20.1 Å². The van der Waals surface area contributed by atoms with E-state index in [1.165, 1.54) is 0 Å². The summed E-state index contributed by atoms with van der Waals surface area (Å²) < 4.78 is 5.27. The lowest BCUT2D eigenvalue weighted by Crippen LogP contribution is -2.11. The summed E-state index contributed by atoms with van der Waals surface area (Å²) in [6.45, 7) is 6.14. The predicted molar refractivity (Wildman–Crippen MR) is 71.9 cm³/mol. The van der Waals surface area contributed by atoms with Crippen LogP contribution in [0.25, 0.3) is 11.0 Å². The van der Waals surface area contributed by atoms with Gasteiger partial charge in [0.15, 0.2) is 5.82 Å². The molecule has 0 bridgehead atoms. The number of fused-ring (bicyclic) bond motifs is 1. The first-order chi connectivity index (χ1) is 9.02. The second-order valence-corrected chi connectivity index (χ2v) is 5.64. The molecule has 0 aliphatic carbocycles. The summed E-state index contributed by atoms with van der Waals surface area (Å²) >= 11 is 0. The van der Waals surface area contributed by atoms with Crippen molar-refractivity contribution in [3.8, 4) is 0 Å². The first kappa shape index (κ1) is 11.9. The normalized spacial score (nSPS) is 12.2. The molecule has 0 atom stereocenters. The molecule has 19 heavy (non-hydrogen) atoms. The predicted octanol–water partition coefficient (Wildman–Crippen LogP) is 2.83. The van der Waals surface area contributed by atoms with Crippen molar-refractivity contribution >= 4 is 11.0 Å². The molecule has 0 saturated carbocycles. The van der Waals surface area contributed by atoms with Gasteiger partial charge in [-0.3, -0.25) is 0 Å². The molecule has 2 aromatic heterocycles. The van der Waals surface area contributed by atoms with Crippen LogP contribution in [0.4, 0.5) is 0 Å². The average molecular weight is 256 g/mol. The number of rotatable bonds is 2. The van der Waals surface area contributed by atoms with Gasteiger partial charge in [-0.1, -0.05) is 38.1 Å². The van der Waals surface area contributed by atoms with Gasteiger partial charge in [0.1, 0.15) is 5.82 Å². The lowest BCUT2D eigenvalue weighted by Gasteiger charge is -2.10. The Hall–Kier alpha value is -2.17. The van der Waals surface area contributed by atoms with Gasteiger partial charge in [-0.25, -0.2) is 4.98 Å². The molecule has 0 saturated heterocycles. The number of para-hydroxylation sites is 2. The van der Waals surface area contributed by atoms with Crippen LogP contribution in [-0.2, 0) is 11.8 Å². The second-order valence-electron chi connectivity index (χ2n) is 5.64. The van der Waals surface area contributed by atoms with Gasteiger partial charge in [0, 0.05) is 5.41 Å². The Morgan fingerprint density at radius 1 is 1.16 bits per heavy atom. The van der Waals surface area contributed by atoms with E-state index in [1.807, 2.05) is 45.0 Å². The van der Waals surface area contributed by atoms with Crippen LogP contribution in [0.3, 0.4) is 0 Å². The molecule has 1 N–H and O–H groups in total. The van der Waals surface area contributed by atoms with Crippen LogP contribution in [-0.4, -0.2) is 20.1 Å². The van der Waals surface area contributed by atoms with E-state index in [1.54, 1.807) is 0 Å². The third-order valence-electron chi connectivity index (χ3n) is 2.87. The van der Waals surface area contributed by atoms with Crippen molar-refractivity contribution in [3.63, 3.8) is 0 Å². The molecule has 5 heteroatoms. The smallest absolute Gasteiger partial charge is 0.232 e. The van der Waals surface area contributed by atoms with Gasteiger partial charge in [-0.05, 0) is 12.1 Å². The average Bonchev–Trinajstić information content (AvgIpc) is 2.94. The summed E-state index contributed by atoms with van der Waals surface area (Å²) in [7, 11) is 0. The lowest BCUT2D eigenvalue weighted by molar-refractivity contribution is 0.318. The summed E-state index contributed by atoms with van der Waals surface area (Å²) in [6.07, 6.45) is 0.550. The molecular weight excluding hydrogens is 240 g/mol. The summed E-state index contributed by atoms with van der Waals surface area (Å²) in [5, 5.41) is 4.00.